The molecule has 0 amide bonds. The zero-order valence-electron chi connectivity index (χ0n) is 11.5. The number of hydrogen-bond acceptors (Lipinski definition) is 1. The standard InChI is InChI=1S/C12H21F6N/c1-5-19-8(6-7-10(2,3)4)9(11(13,14)15)12(16,17)18/h8-9,19H,5-7H2,1-4H3. The van der Waals surface area contributed by atoms with E-state index in [4.69, 9.17) is 0 Å². The van der Waals surface area contributed by atoms with Crippen LogP contribution in [0.1, 0.15) is 40.5 Å². The number of hydrogen-bond donors (Lipinski definition) is 1. The van der Waals surface area contributed by atoms with Gasteiger partial charge in [0, 0.05) is 6.04 Å². The molecular weight excluding hydrogens is 272 g/mol. The van der Waals surface area contributed by atoms with Crippen molar-refractivity contribution in [2.75, 3.05) is 6.54 Å². The van der Waals surface area contributed by atoms with Gasteiger partial charge in [-0.15, -0.1) is 0 Å². The largest absolute Gasteiger partial charge is 0.401 e. The molecule has 0 aliphatic heterocycles. The summed E-state index contributed by atoms with van der Waals surface area (Å²) in [6.07, 6.45) is -10.5. The number of halogens is 6. The fourth-order valence-electron chi connectivity index (χ4n) is 1.88. The minimum Gasteiger partial charge on any atom is -0.313 e. The minimum absolute atomic E-state index is 0.0669. The molecule has 1 nitrogen and oxygen atoms in total. The van der Waals surface area contributed by atoms with Crippen molar-refractivity contribution in [3.8, 4) is 0 Å². The van der Waals surface area contributed by atoms with Crippen molar-refractivity contribution >= 4 is 0 Å². The minimum atomic E-state index is -5.29. The van der Waals surface area contributed by atoms with Crippen LogP contribution in [0.5, 0.6) is 0 Å². The average molecular weight is 293 g/mol. The Morgan fingerprint density at radius 1 is 0.895 bits per heavy atom. The highest BCUT2D eigenvalue weighted by Crippen LogP contribution is 2.43. The zero-order chi connectivity index (χ0) is 15.5. The van der Waals surface area contributed by atoms with Crippen molar-refractivity contribution in [3.05, 3.63) is 0 Å². The van der Waals surface area contributed by atoms with Gasteiger partial charge in [0.05, 0.1) is 0 Å². The Kier molecular flexibility index (Phi) is 6.17. The lowest BCUT2D eigenvalue weighted by Gasteiger charge is -2.32. The maximum Gasteiger partial charge on any atom is 0.401 e. The van der Waals surface area contributed by atoms with E-state index in [9.17, 15) is 26.3 Å². The van der Waals surface area contributed by atoms with Gasteiger partial charge in [0.2, 0.25) is 0 Å². The normalized spacial score (nSPS) is 15.9. The molecule has 0 spiro atoms. The van der Waals surface area contributed by atoms with E-state index < -0.39 is 24.3 Å². The summed E-state index contributed by atoms with van der Waals surface area (Å²) in [4.78, 5) is 0. The molecule has 7 heteroatoms. The van der Waals surface area contributed by atoms with Crippen molar-refractivity contribution in [2.45, 2.75) is 58.9 Å². The second kappa shape index (κ2) is 6.33. The fourth-order valence-corrected chi connectivity index (χ4v) is 1.88. The van der Waals surface area contributed by atoms with Gasteiger partial charge in [-0.05, 0) is 24.8 Å². The van der Waals surface area contributed by atoms with Crippen LogP contribution in [0.4, 0.5) is 26.3 Å². The molecular formula is C12H21F6N. The highest BCUT2D eigenvalue weighted by Gasteiger charge is 2.59. The van der Waals surface area contributed by atoms with E-state index in [1.54, 1.807) is 20.8 Å². The SMILES string of the molecule is CCNC(CCC(C)(C)C)C(C(F)(F)F)C(F)(F)F. The Balaban J connectivity index is 5.08. The van der Waals surface area contributed by atoms with Crippen molar-refractivity contribution in [3.63, 3.8) is 0 Å². The molecule has 0 aliphatic rings. The maximum atomic E-state index is 12.6. The maximum absolute atomic E-state index is 12.6. The lowest BCUT2D eigenvalue weighted by Crippen LogP contribution is -2.51. The van der Waals surface area contributed by atoms with Crippen molar-refractivity contribution < 1.29 is 26.3 Å². The van der Waals surface area contributed by atoms with E-state index in [1.807, 2.05) is 0 Å². The third-order valence-corrected chi connectivity index (χ3v) is 2.78. The van der Waals surface area contributed by atoms with Gasteiger partial charge in [0.1, 0.15) is 0 Å². The predicted octanol–water partition coefficient (Wildman–Crippen LogP) is 4.53. The Bertz CT molecular complexity index is 249. The molecule has 0 aliphatic carbocycles. The summed E-state index contributed by atoms with van der Waals surface area (Å²) in [6.45, 7) is 6.91. The van der Waals surface area contributed by atoms with E-state index >= 15 is 0 Å². The fraction of sp³-hybridized carbons (Fsp3) is 1.00. The molecule has 0 bridgehead atoms. The van der Waals surface area contributed by atoms with Crippen LogP contribution in [0.15, 0.2) is 0 Å². The first-order valence-electron chi connectivity index (χ1n) is 6.16. The first-order chi connectivity index (χ1) is 8.29. The summed E-state index contributed by atoms with van der Waals surface area (Å²) in [5, 5.41) is 2.33. The topological polar surface area (TPSA) is 12.0 Å². The van der Waals surface area contributed by atoms with E-state index in [1.165, 1.54) is 6.92 Å². The predicted molar refractivity (Wildman–Crippen MR) is 61.8 cm³/mol. The summed E-state index contributed by atoms with van der Waals surface area (Å²) >= 11 is 0. The zero-order valence-corrected chi connectivity index (χ0v) is 11.5. The van der Waals surface area contributed by atoms with Crippen LogP contribution in [0.2, 0.25) is 0 Å². The van der Waals surface area contributed by atoms with Crippen LogP contribution in [0.25, 0.3) is 0 Å². The second-order valence-electron chi connectivity index (χ2n) is 5.82. The van der Waals surface area contributed by atoms with Gasteiger partial charge in [-0.3, -0.25) is 0 Å². The molecule has 0 rings (SSSR count). The van der Waals surface area contributed by atoms with E-state index in [0.29, 0.717) is 0 Å². The Labute approximate surface area is 109 Å². The quantitative estimate of drug-likeness (QED) is 0.734. The van der Waals surface area contributed by atoms with Gasteiger partial charge in [0.15, 0.2) is 5.92 Å². The first kappa shape index (κ1) is 18.5. The number of alkyl halides is 6. The number of nitrogens with one attached hydrogen (secondary N) is 1. The van der Waals surface area contributed by atoms with Gasteiger partial charge >= 0.3 is 12.4 Å². The molecule has 0 aromatic rings. The van der Waals surface area contributed by atoms with Crippen LogP contribution < -0.4 is 5.32 Å². The lowest BCUT2D eigenvalue weighted by molar-refractivity contribution is -0.292. The molecule has 1 atom stereocenters. The molecule has 0 fully saturated rings. The second-order valence-corrected chi connectivity index (χ2v) is 5.82. The van der Waals surface area contributed by atoms with E-state index in [2.05, 4.69) is 5.32 Å². The highest BCUT2D eigenvalue weighted by atomic mass is 19.4. The summed E-state index contributed by atoms with van der Waals surface area (Å²) in [5.74, 6) is -3.32. The van der Waals surface area contributed by atoms with Gasteiger partial charge in [0.25, 0.3) is 0 Å². The molecule has 0 heterocycles. The van der Waals surface area contributed by atoms with Crippen LogP contribution in [0, 0.1) is 11.3 Å². The van der Waals surface area contributed by atoms with Gasteiger partial charge in [-0.1, -0.05) is 27.7 Å². The molecule has 116 valence electrons. The first-order valence-corrected chi connectivity index (χ1v) is 6.16. The molecule has 0 aromatic carbocycles. The van der Waals surface area contributed by atoms with Crippen LogP contribution in [-0.2, 0) is 0 Å². The Morgan fingerprint density at radius 3 is 1.58 bits per heavy atom. The van der Waals surface area contributed by atoms with E-state index in [-0.39, 0.29) is 24.8 Å². The smallest absolute Gasteiger partial charge is 0.313 e. The van der Waals surface area contributed by atoms with Gasteiger partial charge in [-0.25, -0.2) is 0 Å². The van der Waals surface area contributed by atoms with Crippen LogP contribution in [0.3, 0.4) is 0 Å². The van der Waals surface area contributed by atoms with Crippen molar-refractivity contribution in [2.24, 2.45) is 11.3 Å². The van der Waals surface area contributed by atoms with Gasteiger partial charge < -0.3 is 5.32 Å². The van der Waals surface area contributed by atoms with Crippen LogP contribution >= 0.6 is 0 Å². The summed E-state index contributed by atoms with van der Waals surface area (Å²) < 4.78 is 75.9. The average Bonchev–Trinajstić information content (AvgIpc) is 2.08. The molecule has 0 radical (unpaired) electrons. The third kappa shape index (κ3) is 7.03. The van der Waals surface area contributed by atoms with Gasteiger partial charge in [-0.2, -0.15) is 26.3 Å². The highest BCUT2D eigenvalue weighted by molar-refractivity contribution is 4.87. The summed E-state index contributed by atoms with van der Waals surface area (Å²) in [6, 6.07) is -1.63. The summed E-state index contributed by atoms with van der Waals surface area (Å²) in [7, 11) is 0. The van der Waals surface area contributed by atoms with Crippen molar-refractivity contribution in [1.82, 2.24) is 5.32 Å². The van der Waals surface area contributed by atoms with Crippen molar-refractivity contribution in [1.29, 1.82) is 0 Å². The number of rotatable bonds is 5. The Hall–Kier alpha value is -0.460. The molecule has 0 aromatic heterocycles. The monoisotopic (exact) mass is 293 g/mol. The molecule has 1 N–H and O–H groups in total. The van der Waals surface area contributed by atoms with Crippen LogP contribution in [-0.4, -0.2) is 24.9 Å². The molecule has 19 heavy (non-hydrogen) atoms. The third-order valence-electron chi connectivity index (χ3n) is 2.78. The lowest BCUT2D eigenvalue weighted by atomic mass is 9.85. The molecule has 1 unspecified atom stereocenters. The molecule has 0 saturated heterocycles. The van der Waals surface area contributed by atoms with E-state index in [0.717, 1.165) is 0 Å². The molecule has 0 saturated carbocycles. The Morgan fingerprint density at radius 2 is 1.32 bits per heavy atom. The summed E-state index contributed by atoms with van der Waals surface area (Å²) in [5.41, 5.74) is -0.310.